The molecule has 0 atom stereocenters. The van der Waals surface area contributed by atoms with Crippen molar-refractivity contribution in [2.45, 2.75) is 71.8 Å². The first-order valence-electron chi connectivity index (χ1n) is 10.8. The summed E-state index contributed by atoms with van der Waals surface area (Å²) in [5, 5.41) is 9.10. The lowest BCUT2D eigenvalue weighted by Gasteiger charge is -2.35. The van der Waals surface area contributed by atoms with Crippen molar-refractivity contribution in [3.05, 3.63) is 22.4 Å². The van der Waals surface area contributed by atoms with Crippen molar-refractivity contribution < 1.29 is 4.79 Å². The third-order valence-corrected chi connectivity index (χ3v) is 6.88. The Labute approximate surface area is 198 Å². The lowest BCUT2D eigenvalue weighted by atomic mass is 9.92. The summed E-state index contributed by atoms with van der Waals surface area (Å²) >= 11 is 1.79. The Hall–Kier alpha value is -0.830. The van der Waals surface area contributed by atoms with Crippen molar-refractivity contribution >= 4 is 47.2 Å². The maximum atomic E-state index is 12.6. The second kappa shape index (κ2) is 12.8. The number of hydrogen-bond donors (Lipinski definition) is 2. The van der Waals surface area contributed by atoms with Crippen LogP contribution in [0, 0.1) is 5.92 Å². The third kappa shape index (κ3) is 7.74. The fourth-order valence-electron chi connectivity index (χ4n) is 3.67. The van der Waals surface area contributed by atoms with Gasteiger partial charge in [-0.3, -0.25) is 9.79 Å². The number of nitrogens with one attached hydrogen (secondary N) is 2. The van der Waals surface area contributed by atoms with Gasteiger partial charge >= 0.3 is 0 Å². The number of aliphatic imine (C=N–C) groups is 1. The number of thiophene rings is 1. The van der Waals surface area contributed by atoms with Crippen molar-refractivity contribution in [1.29, 1.82) is 0 Å². The van der Waals surface area contributed by atoms with Gasteiger partial charge in [0, 0.05) is 41.9 Å². The second-order valence-corrected chi connectivity index (χ2v) is 9.26. The number of hydrogen-bond acceptors (Lipinski definition) is 3. The van der Waals surface area contributed by atoms with Crippen LogP contribution in [-0.4, -0.2) is 49.0 Å². The lowest BCUT2D eigenvalue weighted by Crippen LogP contribution is -2.50. The van der Waals surface area contributed by atoms with E-state index < -0.39 is 0 Å². The van der Waals surface area contributed by atoms with Crippen molar-refractivity contribution in [2.24, 2.45) is 10.9 Å². The zero-order valence-electron chi connectivity index (χ0n) is 18.7. The number of guanidine groups is 1. The molecule has 1 aromatic heterocycles. The van der Waals surface area contributed by atoms with E-state index in [1.807, 2.05) is 0 Å². The summed E-state index contributed by atoms with van der Waals surface area (Å²) in [4.78, 5) is 20.9. The summed E-state index contributed by atoms with van der Waals surface area (Å²) in [6, 6.07) is 4.66. The monoisotopic (exact) mass is 534 g/mol. The van der Waals surface area contributed by atoms with Crippen LogP contribution in [-0.2, 0) is 10.2 Å². The van der Waals surface area contributed by atoms with Gasteiger partial charge in [0.15, 0.2) is 5.96 Å². The topological polar surface area (TPSA) is 56.7 Å². The van der Waals surface area contributed by atoms with Crippen LogP contribution in [0.2, 0.25) is 0 Å². The van der Waals surface area contributed by atoms with Gasteiger partial charge in [0.2, 0.25) is 5.91 Å². The van der Waals surface area contributed by atoms with E-state index in [0.29, 0.717) is 11.9 Å². The minimum Gasteiger partial charge on any atom is -0.357 e. The lowest BCUT2D eigenvalue weighted by molar-refractivity contribution is -0.136. The molecular formula is C22H39IN4OS. The molecule has 1 aliphatic rings. The Bertz CT molecular complexity index is 621. The number of carbonyl (C=O) groups is 1. The number of rotatable bonds is 8. The number of amides is 1. The van der Waals surface area contributed by atoms with Gasteiger partial charge in [0.25, 0.3) is 0 Å². The minimum atomic E-state index is 0. The SMILES string of the molecule is CCNC(=NCC(C)(C)c1cccs1)NC1CCN(C(=O)C(CC)CC)CC1.I. The van der Waals surface area contributed by atoms with E-state index in [0.717, 1.165) is 57.8 Å². The number of halogens is 1. The molecule has 7 heteroatoms. The molecule has 0 bridgehead atoms. The highest BCUT2D eigenvalue weighted by Crippen LogP contribution is 2.27. The molecular weight excluding hydrogens is 495 g/mol. The normalized spacial score (nSPS) is 15.9. The van der Waals surface area contributed by atoms with E-state index in [2.05, 4.69) is 67.7 Å². The Morgan fingerprint density at radius 1 is 1.28 bits per heavy atom. The van der Waals surface area contributed by atoms with Gasteiger partial charge in [-0.05, 0) is 44.1 Å². The summed E-state index contributed by atoms with van der Waals surface area (Å²) in [6.45, 7) is 14.1. The molecule has 5 nitrogen and oxygen atoms in total. The van der Waals surface area contributed by atoms with E-state index in [1.165, 1.54) is 4.88 Å². The molecule has 0 radical (unpaired) electrons. The predicted molar refractivity (Wildman–Crippen MR) is 136 cm³/mol. The minimum absolute atomic E-state index is 0. The number of nitrogens with zero attached hydrogens (tertiary/aromatic N) is 2. The Kier molecular flexibility index (Phi) is 11.5. The van der Waals surface area contributed by atoms with E-state index in [-0.39, 0.29) is 35.3 Å². The largest absolute Gasteiger partial charge is 0.357 e. The number of likely N-dealkylation sites (tertiary alicyclic amines) is 1. The summed E-state index contributed by atoms with van der Waals surface area (Å²) in [7, 11) is 0. The molecule has 0 saturated carbocycles. The molecule has 1 aliphatic heterocycles. The molecule has 0 unspecified atom stereocenters. The highest BCUT2D eigenvalue weighted by Gasteiger charge is 2.27. The third-order valence-electron chi connectivity index (χ3n) is 5.65. The van der Waals surface area contributed by atoms with Crippen LogP contribution in [0.15, 0.2) is 22.5 Å². The Balaban J connectivity index is 0.00000420. The smallest absolute Gasteiger partial charge is 0.225 e. The van der Waals surface area contributed by atoms with Gasteiger partial charge in [-0.25, -0.2) is 0 Å². The van der Waals surface area contributed by atoms with E-state index in [4.69, 9.17) is 4.99 Å². The van der Waals surface area contributed by atoms with Crippen LogP contribution in [0.25, 0.3) is 0 Å². The van der Waals surface area contributed by atoms with E-state index in [1.54, 1.807) is 11.3 Å². The van der Waals surface area contributed by atoms with Gasteiger partial charge in [0.05, 0.1) is 6.54 Å². The van der Waals surface area contributed by atoms with E-state index in [9.17, 15) is 4.79 Å². The molecule has 1 fully saturated rings. The van der Waals surface area contributed by atoms with Crippen LogP contribution in [0.4, 0.5) is 0 Å². The molecule has 0 spiro atoms. The van der Waals surface area contributed by atoms with Gasteiger partial charge in [-0.2, -0.15) is 0 Å². The van der Waals surface area contributed by atoms with Gasteiger partial charge in [-0.1, -0.05) is 33.8 Å². The first-order valence-corrected chi connectivity index (χ1v) is 11.7. The predicted octanol–water partition coefficient (Wildman–Crippen LogP) is 4.63. The molecule has 1 saturated heterocycles. The number of carbonyl (C=O) groups excluding carboxylic acids is 1. The quantitative estimate of drug-likeness (QED) is 0.291. The average molecular weight is 535 g/mol. The molecule has 0 aliphatic carbocycles. The summed E-state index contributed by atoms with van der Waals surface area (Å²) in [5.74, 6) is 1.40. The summed E-state index contributed by atoms with van der Waals surface area (Å²) in [6.07, 6.45) is 3.82. The molecule has 166 valence electrons. The van der Waals surface area contributed by atoms with E-state index >= 15 is 0 Å². The zero-order chi connectivity index (χ0) is 20.6. The van der Waals surface area contributed by atoms with Crippen LogP contribution in [0.5, 0.6) is 0 Å². The molecule has 29 heavy (non-hydrogen) atoms. The maximum Gasteiger partial charge on any atom is 0.225 e. The van der Waals surface area contributed by atoms with Crippen molar-refractivity contribution in [2.75, 3.05) is 26.2 Å². The van der Waals surface area contributed by atoms with Crippen LogP contribution in [0.1, 0.15) is 65.2 Å². The van der Waals surface area contributed by atoms with Crippen LogP contribution >= 0.6 is 35.3 Å². The molecule has 1 aromatic rings. The van der Waals surface area contributed by atoms with Gasteiger partial charge in [0.1, 0.15) is 0 Å². The van der Waals surface area contributed by atoms with Crippen molar-refractivity contribution in [3.8, 4) is 0 Å². The molecule has 0 aromatic carbocycles. The Morgan fingerprint density at radius 3 is 2.45 bits per heavy atom. The van der Waals surface area contributed by atoms with Gasteiger partial charge in [-0.15, -0.1) is 35.3 Å². The highest BCUT2D eigenvalue weighted by molar-refractivity contribution is 14.0. The summed E-state index contributed by atoms with van der Waals surface area (Å²) in [5.41, 5.74) is 0.0294. The summed E-state index contributed by atoms with van der Waals surface area (Å²) < 4.78 is 0. The molecule has 2 rings (SSSR count). The maximum absolute atomic E-state index is 12.6. The number of piperidine rings is 1. The fraction of sp³-hybridized carbons (Fsp3) is 0.727. The highest BCUT2D eigenvalue weighted by atomic mass is 127. The molecule has 2 N–H and O–H groups in total. The molecule has 1 amide bonds. The first-order chi connectivity index (χ1) is 13.4. The first kappa shape index (κ1) is 26.2. The second-order valence-electron chi connectivity index (χ2n) is 8.31. The van der Waals surface area contributed by atoms with Crippen molar-refractivity contribution in [1.82, 2.24) is 15.5 Å². The van der Waals surface area contributed by atoms with Crippen LogP contribution in [0.3, 0.4) is 0 Å². The Morgan fingerprint density at radius 2 is 1.93 bits per heavy atom. The van der Waals surface area contributed by atoms with Crippen molar-refractivity contribution in [3.63, 3.8) is 0 Å². The van der Waals surface area contributed by atoms with Gasteiger partial charge < -0.3 is 15.5 Å². The standard InChI is InChI=1S/C22H38N4OS.HI/c1-6-17(7-2)20(27)26-13-11-18(12-14-26)25-21(23-8-3)24-16-22(4,5)19-10-9-15-28-19;/h9-10,15,17-18H,6-8,11-14,16H2,1-5H3,(H2,23,24,25);1H. The fourth-order valence-corrected chi connectivity index (χ4v) is 4.52. The average Bonchev–Trinajstić information content (AvgIpc) is 3.24. The molecule has 2 heterocycles. The van der Waals surface area contributed by atoms with Crippen LogP contribution < -0.4 is 10.6 Å². The zero-order valence-corrected chi connectivity index (χ0v) is 21.8.